The molecule has 0 spiro atoms. The second-order valence-corrected chi connectivity index (χ2v) is 8.32. The summed E-state index contributed by atoms with van der Waals surface area (Å²) < 4.78 is 35.4. The van der Waals surface area contributed by atoms with Gasteiger partial charge in [-0.2, -0.15) is 8.42 Å². The summed E-state index contributed by atoms with van der Waals surface area (Å²) in [5.41, 5.74) is 1.71. The number of hydrogen-bond acceptors (Lipinski definition) is 5. The zero-order chi connectivity index (χ0) is 18.9. The molecule has 1 fully saturated rings. The van der Waals surface area contributed by atoms with E-state index >= 15 is 0 Å². The van der Waals surface area contributed by atoms with Crippen LogP contribution in [0.4, 0.5) is 5.69 Å². The second-order valence-electron chi connectivity index (χ2n) is 7.02. The van der Waals surface area contributed by atoms with Crippen LogP contribution in [0.25, 0.3) is 0 Å². The van der Waals surface area contributed by atoms with Crippen molar-refractivity contribution >= 4 is 15.9 Å². The van der Waals surface area contributed by atoms with Gasteiger partial charge in [-0.3, -0.25) is 4.72 Å². The van der Waals surface area contributed by atoms with Gasteiger partial charge in [0, 0.05) is 17.7 Å². The molecule has 2 aromatic rings. The summed E-state index contributed by atoms with van der Waals surface area (Å²) in [4.78, 5) is 4.13. The van der Waals surface area contributed by atoms with Gasteiger partial charge >= 0.3 is 0 Å². The van der Waals surface area contributed by atoms with Crippen molar-refractivity contribution in [1.82, 2.24) is 4.98 Å². The zero-order valence-corrected chi connectivity index (χ0v) is 15.8. The fourth-order valence-electron chi connectivity index (χ4n) is 3.40. The van der Waals surface area contributed by atoms with E-state index < -0.39 is 10.2 Å². The van der Waals surface area contributed by atoms with Gasteiger partial charge in [0.2, 0.25) is 5.88 Å². The van der Waals surface area contributed by atoms with Crippen LogP contribution in [0.15, 0.2) is 42.6 Å². The lowest BCUT2D eigenvalue weighted by atomic mass is 10.0. The maximum atomic E-state index is 11.1. The Labute approximate surface area is 153 Å². The summed E-state index contributed by atoms with van der Waals surface area (Å²) in [6.45, 7) is 4.99. The molecule has 7 nitrogen and oxygen atoms in total. The minimum absolute atomic E-state index is 0.106. The monoisotopic (exact) mass is 377 g/mol. The predicted octanol–water partition coefficient (Wildman–Crippen LogP) is 2.52. The number of pyridine rings is 1. The summed E-state index contributed by atoms with van der Waals surface area (Å²) in [7, 11) is -2.18. The van der Waals surface area contributed by atoms with Crippen molar-refractivity contribution in [2.75, 3.05) is 18.4 Å². The number of anilines is 1. The fourth-order valence-corrected chi connectivity index (χ4v) is 3.86. The van der Waals surface area contributed by atoms with Crippen molar-refractivity contribution in [2.45, 2.75) is 19.8 Å². The van der Waals surface area contributed by atoms with E-state index in [9.17, 15) is 8.42 Å². The molecule has 1 aliphatic carbocycles. The van der Waals surface area contributed by atoms with E-state index in [4.69, 9.17) is 14.6 Å². The van der Waals surface area contributed by atoms with Crippen LogP contribution in [0.2, 0.25) is 0 Å². The van der Waals surface area contributed by atoms with Crippen LogP contribution in [-0.4, -0.2) is 27.1 Å². The van der Waals surface area contributed by atoms with Crippen molar-refractivity contribution in [2.24, 2.45) is 16.5 Å². The minimum atomic E-state index is -3.76. The maximum absolute atomic E-state index is 11.1. The highest BCUT2D eigenvalue weighted by Gasteiger charge is 2.58. The Kier molecular flexibility index (Phi) is 4.81. The highest BCUT2D eigenvalue weighted by Crippen LogP contribution is 2.64. The second kappa shape index (κ2) is 6.77. The van der Waals surface area contributed by atoms with Gasteiger partial charge in [0.1, 0.15) is 5.75 Å². The average Bonchev–Trinajstić information content (AvgIpc) is 3.13. The lowest BCUT2D eigenvalue weighted by molar-refractivity contribution is 0.277. The first-order valence-corrected chi connectivity index (χ1v) is 9.78. The number of nitrogens with two attached hydrogens (primary N) is 1. The number of methoxy groups -OCH3 is 1. The molecule has 0 unspecified atom stereocenters. The van der Waals surface area contributed by atoms with Crippen LogP contribution in [-0.2, 0) is 10.2 Å². The van der Waals surface area contributed by atoms with E-state index in [1.54, 1.807) is 31.5 Å². The largest absolute Gasteiger partial charge is 0.492 e. The molecule has 0 aliphatic heterocycles. The molecular weight excluding hydrogens is 354 g/mol. The van der Waals surface area contributed by atoms with Crippen molar-refractivity contribution in [3.05, 3.63) is 48.2 Å². The lowest BCUT2D eigenvalue weighted by Crippen LogP contribution is -2.21. The van der Waals surface area contributed by atoms with E-state index in [-0.39, 0.29) is 5.41 Å². The van der Waals surface area contributed by atoms with Crippen LogP contribution >= 0.6 is 0 Å². The Hall–Kier alpha value is -2.32. The molecule has 0 amide bonds. The van der Waals surface area contributed by atoms with E-state index in [2.05, 4.69) is 23.6 Å². The van der Waals surface area contributed by atoms with Gasteiger partial charge in [-0.05, 0) is 35.1 Å². The Balaban J connectivity index is 1.63. The van der Waals surface area contributed by atoms with E-state index in [0.717, 1.165) is 5.56 Å². The molecule has 1 heterocycles. The van der Waals surface area contributed by atoms with Gasteiger partial charge in [-0.25, -0.2) is 10.1 Å². The normalized spacial score (nSPS) is 21.1. The summed E-state index contributed by atoms with van der Waals surface area (Å²) in [5, 5.41) is 4.99. The van der Waals surface area contributed by atoms with Gasteiger partial charge in [0.25, 0.3) is 10.2 Å². The number of nitrogens with zero attached hydrogens (tertiary/aromatic N) is 1. The molecule has 3 N–H and O–H groups in total. The first kappa shape index (κ1) is 18.5. The highest BCUT2D eigenvalue weighted by atomic mass is 32.2. The molecule has 1 aromatic heterocycles. The van der Waals surface area contributed by atoms with Crippen LogP contribution in [0.3, 0.4) is 0 Å². The average molecular weight is 377 g/mol. The van der Waals surface area contributed by atoms with Crippen molar-refractivity contribution in [3.8, 4) is 11.6 Å². The lowest BCUT2D eigenvalue weighted by Gasteiger charge is -2.07. The van der Waals surface area contributed by atoms with Crippen LogP contribution < -0.4 is 19.3 Å². The smallest absolute Gasteiger partial charge is 0.296 e. The minimum Gasteiger partial charge on any atom is -0.492 e. The fraction of sp³-hybridized carbons (Fsp3) is 0.389. The Morgan fingerprint density at radius 3 is 2.42 bits per heavy atom. The standard InChI is InChI=1S/C18H23N3O4S/c1-18(2)15(11-25-14-8-9-16(24-3)20-10-14)17(18)12-4-6-13(7-5-12)21-26(19,22)23/h4-10,15,17,21H,11H2,1-3H3,(H2,19,22,23)/t15-,17-/m0/s1. The zero-order valence-electron chi connectivity index (χ0n) is 15.0. The van der Waals surface area contributed by atoms with Crippen LogP contribution in [0, 0.1) is 11.3 Å². The van der Waals surface area contributed by atoms with Gasteiger partial charge in [-0.15, -0.1) is 0 Å². The molecule has 3 rings (SSSR count). The van der Waals surface area contributed by atoms with E-state index in [1.807, 2.05) is 18.2 Å². The number of benzene rings is 1. The third-order valence-electron chi connectivity index (χ3n) is 4.93. The molecule has 0 bridgehead atoms. The molecule has 1 saturated carbocycles. The molecular formula is C18H23N3O4S. The Morgan fingerprint density at radius 2 is 1.88 bits per heavy atom. The number of nitrogens with one attached hydrogen (secondary N) is 1. The van der Waals surface area contributed by atoms with E-state index in [0.29, 0.717) is 35.8 Å². The topological polar surface area (TPSA) is 104 Å². The Bertz CT molecular complexity index is 864. The third kappa shape index (κ3) is 4.08. The van der Waals surface area contributed by atoms with Crippen molar-refractivity contribution < 1.29 is 17.9 Å². The predicted molar refractivity (Wildman–Crippen MR) is 99.5 cm³/mol. The van der Waals surface area contributed by atoms with Gasteiger partial charge in [-0.1, -0.05) is 26.0 Å². The molecule has 2 atom stereocenters. The number of hydrogen-bond donors (Lipinski definition) is 2. The highest BCUT2D eigenvalue weighted by molar-refractivity contribution is 7.90. The van der Waals surface area contributed by atoms with Crippen molar-refractivity contribution in [1.29, 1.82) is 0 Å². The van der Waals surface area contributed by atoms with Gasteiger partial charge in [0.15, 0.2) is 0 Å². The van der Waals surface area contributed by atoms with Crippen LogP contribution in [0.1, 0.15) is 25.3 Å². The molecule has 1 aliphatic rings. The number of rotatable bonds is 7. The first-order valence-electron chi connectivity index (χ1n) is 8.24. The summed E-state index contributed by atoms with van der Waals surface area (Å²) >= 11 is 0. The maximum Gasteiger partial charge on any atom is 0.296 e. The molecule has 1 aromatic carbocycles. The summed E-state index contributed by atoms with van der Waals surface area (Å²) in [5.74, 6) is 1.97. The molecule has 140 valence electrons. The van der Waals surface area contributed by atoms with Gasteiger partial charge in [0.05, 0.1) is 19.9 Å². The third-order valence-corrected chi connectivity index (χ3v) is 5.45. The molecule has 26 heavy (non-hydrogen) atoms. The number of aromatic nitrogens is 1. The SMILES string of the molecule is COc1ccc(OC[C@H]2[C@H](c3ccc(NS(N)(=O)=O)cc3)C2(C)C)cn1. The first-order chi connectivity index (χ1) is 12.2. The summed E-state index contributed by atoms with van der Waals surface area (Å²) in [6.07, 6.45) is 1.65. The number of ether oxygens (including phenoxy) is 2. The summed E-state index contributed by atoms with van der Waals surface area (Å²) in [6, 6.07) is 10.9. The quantitative estimate of drug-likeness (QED) is 0.772. The molecule has 0 saturated heterocycles. The molecule has 8 heteroatoms. The van der Waals surface area contributed by atoms with Crippen molar-refractivity contribution in [3.63, 3.8) is 0 Å². The molecule has 0 radical (unpaired) electrons. The van der Waals surface area contributed by atoms with E-state index in [1.165, 1.54) is 0 Å². The van der Waals surface area contributed by atoms with Gasteiger partial charge < -0.3 is 9.47 Å². The Morgan fingerprint density at radius 1 is 1.19 bits per heavy atom. The van der Waals surface area contributed by atoms with Crippen LogP contribution in [0.5, 0.6) is 11.6 Å².